The van der Waals surface area contributed by atoms with Gasteiger partial charge in [0, 0.05) is 11.6 Å². The Morgan fingerprint density at radius 1 is 1.05 bits per heavy atom. The summed E-state index contributed by atoms with van der Waals surface area (Å²) in [7, 11) is 0. The molecule has 2 aliphatic rings. The number of hydrogen-bond acceptors (Lipinski definition) is 3. The lowest BCUT2D eigenvalue weighted by molar-refractivity contribution is -0.134. The number of β-lactam (4-membered cyclic amide) rings is 1. The topological polar surface area (TPSA) is 45.0 Å². The lowest BCUT2D eigenvalue weighted by atomic mass is 9.68. The van der Waals surface area contributed by atoms with E-state index in [0.717, 1.165) is 11.3 Å². The van der Waals surface area contributed by atoms with Crippen LogP contribution in [0.5, 0.6) is 0 Å². The number of amides is 1. The summed E-state index contributed by atoms with van der Waals surface area (Å²) in [6, 6.07) is 19.9. The second-order valence-corrected chi connectivity index (χ2v) is 5.97. The number of rotatable bonds is 2. The molecule has 2 aromatic rings. The van der Waals surface area contributed by atoms with E-state index in [-0.39, 0.29) is 17.9 Å². The Labute approximate surface area is 129 Å². The Hall–Kier alpha value is -2.49. The highest BCUT2D eigenvalue weighted by atomic mass is 16.2. The molecule has 4 heteroatoms. The molecule has 0 radical (unpaired) electrons. The van der Waals surface area contributed by atoms with Gasteiger partial charge in [0.15, 0.2) is 5.54 Å². The van der Waals surface area contributed by atoms with Gasteiger partial charge in [-0.15, -0.1) is 0 Å². The second kappa shape index (κ2) is 4.77. The first-order valence-electron chi connectivity index (χ1n) is 7.57. The zero-order valence-corrected chi connectivity index (χ0v) is 12.4. The van der Waals surface area contributed by atoms with Crippen molar-refractivity contribution in [1.29, 1.82) is 0 Å². The molecule has 2 heterocycles. The number of nitrogens with zero attached hydrogens (tertiary/aromatic N) is 3. The highest BCUT2D eigenvalue weighted by molar-refractivity contribution is 6.09. The first-order chi connectivity index (χ1) is 10.7. The number of anilines is 1. The van der Waals surface area contributed by atoms with Crippen molar-refractivity contribution >= 4 is 11.6 Å². The van der Waals surface area contributed by atoms with Crippen molar-refractivity contribution in [2.75, 3.05) is 11.4 Å². The van der Waals surface area contributed by atoms with E-state index in [4.69, 9.17) is 0 Å². The van der Waals surface area contributed by atoms with Gasteiger partial charge in [0.1, 0.15) is 0 Å². The summed E-state index contributed by atoms with van der Waals surface area (Å²) in [5, 5.41) is 8.57. The molecule has 1 unspecified atom stereocenters. The Morgan fingerprint density at radius 3 is 2.27 bits per heavy atom. The van der Waals surface area contributed by atoms with Crippen LogP contribution in [0.2, 0.25) is 0 Å². The summed E-state index contributed by atoms with van der Waals surface area (Å²) in [6.45, 7) is 2.69. The third-order valence-electron chi connectivity index (χ3n) is 4.73. The quantitative estimate of drug-likeness (QED) is 0.779. The van der Waals surface area contributed by atoms with E-state index in [2.05, 4.69) is 29.3 Å². The SMILES string of the molecule is CC1CN=N[C@]12C(=O)N(c1ccccc1)[C@@H]2c1ccccc1. The molecule has 1 saturated heterocycles. The van der Waals surface area contributed by atoms with Crippen LogP contribution in [0.4, 0.5) is 5.69 Å². The Balaban J connectivity index is 1.83. The molecule has 0 bridgehead atoms. The van der Waals surface area contributed by atoms with Gasteiger partial charge in [-0.2, -0.15) is 10.2 Å². The number of benzene rings is 2. The van der Waals surface area contributed by atoms with Gasteiger partial charge in [-0.25, -0.2) is 0 Å². The summed E-state index contributed by atoms with van der Waals surface area (Å²) in [5.41, 5.74) is 1.30. The molecular weight excluding hydrogens is 274 g/mol. The van der Waals surface area contributed by atoms with Crippen molar-refractivity contribution in [3.8, 4) is 0 Å². The molecule has 2 aliphatic heterocycles. The van der Waals surface area contributed by atoms with Gasteiger partial charge in [0.25, 0.3) is 5.91 Å². The van der Waals surface area contributed by atoms with Crippen LogP contribution in [0.15, 0.2) is 70.9 Å². The van der Waals surface area contributed by atoms with Crippen LogP contribution in [0.3, 0.4) is 0 Å². The minimum Gasteiger partial charge on any atom is -0.300 e. The van der Waals surface area contributed by atoms with Crippen molar-refractivity contribution in [1.82, 2.24) is 0 Å². The fraction of sp³-hybridized carbons (Fsp3) is 0.278. The molecule has 0 aromatic heterocycles. The average molecular weight is 291 g/mol. The molecule has 1 fully saturated rings. The monoisotopic (exact) mass is 291 g/mol. The van der Waals surface area contributed by atoms with E-state index in [1.165, 1.54) is 0 Å². The maximum absolute atomic E-state index is 13.0. The van der Waals surface area contributed by atoms with Crippen LogP contribution < -0.4 is 4.90 Å². The third kappa shape index (κ3) is 1.61. The van der Waals surface area contributed by atoms with Crippen LogP contribution in [0.1, 0.15) is 18.5 Å². The molecule has 1 spiro atoms. The van der Waals surface area contributed by atoms with Gasteiger partial charge in [-0.1, -0.05) is 55.5 Å². The summed E-state index contributed by atoms with van der Waals surface area (Å²) in [6.07, 6.45) is 0. The molecule has 4 rings (SSSR count). The fourth-order valence-corrected chi connectivity index (χ4v) is 3.55. The van der Waals surface area contributed by atoms with Gasteiger partial charge < -0.3 is 0 Å². The van der Waals surface area contributed by atoms with Gasteiger partial charge in [0.2, 0.25) is 0 Å². The van der Waals surface area contributed by atoms with E-state index in [1.54, 1.807) is 0 Å². The number of hydrogen-bond donors (Lipinski definition) is 0. The Bertz CT molecular complexity index is 729. The lowest BCUT2D eigenvalue weighted by Crippen LogP contribution is -2.69. The normalized spacial score (nSPS) is 29.9. The maximum atomic E-state index is 13.0. The van der Waals surface area contributed by atoms with Crippen molar-refractivity contribution in [3.05, 3.63) is 66.2 Å². The Morgan fingerprint density at radius 2 is 1.68 bits per heavy atom. The van der Waals surface area contributed by atoms with Crippen LogP contribution in [-0.4, -0.2) is 18.0 Å². The highest BCUT2D eigenvalue weighted by Crippen LogP contribution is 2.54. The first-order valence-corrected chi connectivity index (χ1v) is 7.57. The molecule has 110 valence electrons. The summed E-state index contributed by atoms with van der Waals surface area (Å²) < 4.78 is 0. The standard InChI is InChI=1S/C18H17N3O/c1-13-12-19-20-18(13)16(14-8-4-2-5-9-14)21(17(18)22)15-10-6-3-7-11-15/h2-11,13,16H,12H2,1H3/t13?,16-,18-/m1/s1. The van der Waals surface area contributed by atoms with E-state index >= 15 is 0 Å². The molecule has 2 aromatic carbocycles. The zero-order valence-electron chi connectivity index (χ0n) is 12.4. The van der Waals surface area contributed by atoms with Gasteiger partial charge in [0.05, 0.1) is 12.6 Å². The highest BCUT2D eigenvalue weighted by Gasteiger charge is 2.66. The van der Waals surface area contributed by atoms with Crippen molar-refractivity contribution in [3.63, 3.8) is 0 Å². The van der Waals surface area contributed by atoms with E-state index in [0.29, 0.717) is 6.54 Å². The lowest BCUT2D eigenvalue weighted by Gasteiger charge is -2.53. The number of carbonyl (C=O) groups excluding carboxylic acids is 1. The molecule has 0 aliphatic carbocycles. The number of para-hydroxylation sites is 1. The van der Waals surface area contributed by atoms with Gasteiger partial charge in [-0.3, -0.25) is 9.69 Å². The van der Waals surface area contributed by atoms with E-state index in [1.807, 2.05) is 53.4 Å². The molecule has 1 amide bonds. The van der Waals surface area contributed by atoms with Crippen LogP contribution in [0, 0.1) is 5.92 Å². The molecule has 22 heavy (non-hydrogen) atoms. The van der Waals surface area contributed by atoms with Crippen LogP contribution >= 0.6 is 0 Å². The molecule has 4 nitrogen and oxygen atoms in total. The second-order valence-electron chi connectivity index (χ2n) is 5.97. The molecule has 0 saturated carbocycles. The van der Waals surface area contributed by atoms with Crippen LogP contribution in [0.25, 0.3) is 0 Å². The summed E-state index contributed by atoms with van der Waals surface area (Å²) in [5.74, 6) is 0.187. The minimum atomic E-state index is -0.725. The predicted molar refractivity (Wildman–Crippen MR) is 84.7 cm³/mol. The fourth-order valence-electron chi connectivity index (χ4n) is 3.55. The largest absolute Gasteiger partial charge is 0.300 e. The summed E-state index contributed by atoms with van der Waals surface area (Å²) in [4.78, 5) is 14.8. The van der Waals surface area contributed by atoms with E-state index < -0.39 is 5.54 Å². The smallest absolute Gasteiger partial charge is 0.260 e. The zero-order chi connectivity index (χ0) is 15.2. The van der Waals surface area contributed by atoms with Crippen LogP contribution in [-0.2, 0) is 4.79 Å². The predicted octanol–water partition coefficient (Wildman–Crippen LogP) is 3.62. The Kier molecular flexibility index (Phi) is 2.86. The number of carbonyl (C=O) groups is 1. The minimum absolute atomic E-state index is 0.0568. The van der Waals surface area contributed by atoms with Gasteiger partial charge >= 0.3 is 0 Å². The third-order valence-corrected chi connectivity index (χ3v) is 4.73. The van der Waals surface area contributed by atoms with Crippen molar-refractivity contribution in [2.24, 2.45) is 16.1 Å². The van der Waals surface area contributed by atoms with Crippen molar-refractivity contribution < 1.29 is 4.79 Å². The number of azo groups is 1. The maximum Gasteiger partial charge on any atom is 0.260 e. The average Bonchev–Trinajstić information content (AvgIpc) is 2.97. The van der Waals surface area contributed by atoms with E-state index in [9.17, 15) is 4.79 Å². The van der Waals surface area contributed by atoms with Gasteiger partial charge in [-0.05, 0) is 17.7 Å². The van der Waals surface area contributed by atoms with Crippen molar-refractivity contribution in [2.45, 2.75) is 18.5 Å². The molecule has 3 atom stereocenters. The molecular formula is C18H17N3O. The molecule has 0 N–H and O–H groups in total. The summed E-state index contributed by atoms with van der Waals surface area (Å²) >= 11 is 0. The first kappa shape index (κ1) is 13.2.